The number of alkyl halides is 2. The number of nitrogen functional groups attached to an aromatic ring is 1. The first-order valence-electron chi connectivity index (χ1n) is 7.59. The van der Waals surface area contributed by atoms with Crippen LogP contribution in [0.25, 0.3) is 0 Å². The monoisotopic (exact) mass is 393 g/mol. The summed E-state index contributed by atoms with van der Waals surface area (Å²) in [5.41, 5.74) is 4.18. The molecule has 1 heterocycles. The number of halogens is 3. The highest BCUT2D eigenvalue weighted by molar-refractivity contribution is 8.26. The zero-order valence-corrected chi connectivity index (χ0v) is 14.5. The highest BCUT2D eigenvalue weighted by Gasteiger charge is 2.69. The predicted octanol–water partition coefficient (Wildman–Crippen LogP) is 3.22. The van der Waals surface area contributed by atoms with E-state index in [9.17, 15) is 27.1 Å². The average Bonchev–Trinajstić information content (AvgIpc) is 2.43. The summed E-state index contributed by atoms with van der Waals surface area (Å²) < 4.78 is 60.8. The van der Waals surface area contributed by atoms with Gasteiger partial charge in [-0.25, -0.2) is 18.0 Å². The molecule has 0 bridgehead atoms. The highest BCUT2D eigenvalue weighted by atomic mass is 32.3. The summed E-state index contributed by atoms with van der Waals surface area (Å²) >= 11 is 0. The fraction of sp³-hybridized carbons (Fsp3) is 0.467. The van der Waals surface area contributed by atoms with Crippen molar-refractivity contribution < 1.29 is 32.2 Å². The highest BCUT2D eigenvalue weighted by Crippen LogP contribution is 2.70. The second-order valence-electron chi connectivity index (χ2n) is 6.92. The molecular formula is C15H18F3N3O4S. The van der Waals surface area contributed by atoms with Gasteiger partial charge in [0.1, 0.15) is 21.9 Å². The first kappa shape index (κ1) is 18.8. The summed E-state index contributed by atoms with van der Waals surface area (Å²) in [6, 6.07) is 3.63. The number of hydrogen-bond donors (Lipinski definition) is 5. The number of aliphatic imine (C=N–C) groups is 1. The number of benzene rings is 1. The molecule has 26 heavy (non-hydrogen) atoms. The van der Waals surface area contributed by atoms with Crippen molar-refractivity contribution in [3.63, 3.8) is 0 Å². The number of anilines is 1. The first-order valence-corrected chi connectivity index (χ1v) is 9.31. The van der Waals surface area contributed by atoms with E-state index in [-0.39, 0.29) is 11.3 Å². The van der Waals surface area contributed by atoms with E-state index in [0.717, 1.165) is 6.07 Å². The Labute approximate surface area is 148 Å². The smallest absolute Gasteiger partial charge is 0.410 e. The fourth-order valence-corrected chi connectivity index (χ4v) is 6.16. The number of nitrogens with zero attached hydrogens (tertiary/aromatic N) is 1. The van der Waals surface area contributed by atoms with Gasteiger partial charge in [-0.2, -0.15) is 10.6 Å². The van der Waals surface area contributed by atoms with Crippen molar-refractivity contribution in [1.82, 2.24) is 5.32 Å². The number of carboxylic acid groups (broad SMARTS) is 1. The zero-order chi connectivity index (χ0) is 19.5. The number of amidine groups is 1. The van der Waals surface area contributed by atoms with Gasteiger partial charge in [-0.3, -0.25) is 19.4 Å². The lowest BCUT2D eigenvalue weighted by Gasteiger charge is -2.62. The van der Waals surface area contributed by atoms with Gasteiger partial charge in [0.15, 0.2) is 0 Å². The molecule has 0 saturated heterocycles. The molecule has 0 radical (unpaired) electrons. The number of amides is 1. The summed E-state index contributed by atoms with van der Waals surface area (Å²) in [7, 11) is -3.78. The maximum absolute atomic E-state index is 14.3. The van der Waals surface area contributed by atoms with Gasteiger partial charge in [0.05, 0.1) is 5.75 Å². The quantitative estimate of drug-likeness (QED) is 0.468. The molecule has 6 N–H and O–H groups in total. The Bertz CT molecular complexity index is 809. The van der Waals surface area contributed by atoms with E-state index in [1.807, 2.05) is 5.32 Å². The third-order valence-electron chi connectivity index (χ3n) is 4.78. The molecule has 1 amide bonds. The van der Waals surface area contributed by atoms with Gasteiger partial charge in [0.2, 0.25) is 0 Å². The Hall–Kier alpha value is -1.98. The van der Waals surface area contributed by atoms with Crippen LogP contribution in [-0.2, 0) is 5.54 Å². The largest absolute Gasteiger partial charge is 0.465 e. The Kier molecular flexibility index (Phi) is 3.98. The van der Waals surface area contributed by atoms with E-state index in [2.05, 4.69) is 4.99 Å². The molecule has 1 aliphatic heterocycles. The van der Waals surface area contributed by atoms with Gasteiger partial charge in [0.25, 0.3) is 5.92 Å². The molecule has 1 aromatic rings. The molecule has 11 heteroatoms. The van der Waals surface area contributed by atoms with Crippen LogP contribution in [0.5, 0.6) is 0 Å². The van der Waals surface area contributed by atoms with E-state index in [1.165, 1.54) is 19.1 Å². The van der Waals surface area contributed by atoms with Crippen molar-refractivity contribution in [2.75, 3.05) is 11.5 Å². The minimum Gasteiger partial charge on any atom is -0.465 e. The Morgan fingerprint density at radius 2 is 1.96 bits per heavy atom. The van der Waals surface area contributed by atoms with E-state index < -0.39 is 63.1 Å². The van der Waals surface area contributed by atoms with Crippen LogP contribution in [0.15, 0.2) is 23.2 Å². The van der Waals surface area contributed by atoms with E-state index in [4.69, 9.17) is 10.8 Å². The third-order valence-corrected chi connectivity index (χ3v) is 7.48. The van der Waals surface area contributed by atoms with Crippen LogP contribution in [0.2, 0.25) is 0 Å². The standard InChI is InChI=1S/C15H18F3N3O4S/c1-13(9-4-8(19)2-3-10(9)16)7-26(24,25)14(5-15(17,18)6-14)11(21-13)20-12(22)23/h2-4,24-25H,5-7,19H2,1H3,(H,20,21)(H,22,23). The second-order valence-corrected chi connectivity index (χ2v) is 9.32. The summed E-state index contributed by atoms with van der Waals surface area (Å²) in [5, 5.41) is 10.9. The molecule has 1 saturated carbocycles. The van der Waals surface area contributed by atoms with Crippen LogP contribution in [0.1, 0.15) is 25.3 Å². The molecule has 2 aliphatic rings. The number of rotatable bonds is 1. The molecule has 1 atom stereocenters. The van der Waals surface area contributed by atoms with Gasteiger partial charge < -0.3 is 10.8 Å². The molecular weight excluding hydrogens is 375 g/mol. The van der Waals surface area contributed by atoms with E-state index in [1.54, 1.807) is 0 Å². The molecule has 0 aromatic heterocycles. The van der Waals surface area contributed by atoms with Crippen molar-refractivity contribution in [2.45, 2.75) is 36.0 Å². The van der Waals surface area contributed by atoms with Crippen molar-refractivity contribution in [1.29, 1.82) is 0 Å². The summed E-state index contributed by atoms with van der Waals surface area (Å²) in [5.74, 6) is -4.92. The summed E-state index contributed by atoms with van der Waals surface area (Å²) in [6.07, 6.45) is -3.49. The van der Waals surface area contributed by atoms with Gasteiger partial charge in [-0.1, -0.05) is 0 Å². The van der Waals surface area contributed by atoms with Crippen LogP contribution in [0, 0.1) is 5.82 Å². The molecule has 1 aliphatic carbocycles. The van der Waals surface area contributed by atoms with Crippen LogP contribution in [0.4, 0.5) is 23.7 Å². The van der Waals surface area contributed by atoms with Crippen molar-refractivity contribution in [3.8, 4) is 0 Å². The van der Waals surface area contributed by atoms with Crippen molar-refractivity contribution >= 4 is 28.2 Å². The van der Waals surface area contributed by atoms with Crippen LogP contribution >= 0.6 is 10.6 Å². The maximum Gasteiger partial charge on any atom is 0.410 e. The number of carbonyl (C=O) groups is 1. The van der Waals surface area contributed by atoms with Crippen LogP contribution < -0.4 is 11.1 Å². The molecule has 1 aromatic carbocycles. The molecule has 1 unspecified atom stereocenters. The normalized spacial score (nSPS) is 29.4. The summed E-state index contributed by atoms with van der Waals surface area (Å²) in [6.45, 7) is 1.37. The molecule has 1 spiro atoms. The maximum atomic E-state index is 14.3. The lowest BCUT2D eigenvalue weighted by atomic mass is 9.78. The molecule has 3 rings (SSSR count). The van der Waals surface area contributed by atoms with Crippen LogP contribution in [0.3, 0.4) is 0 Å². The summed E-state index contributed by atoms with van der Waals surface area (Å²) in [4.78, 5) is 15.3. The SMILES string of the molecule is CC1(c2cc(N)ccc2F)CS(O)(O)C2(CC(F)(F)C2)C(NC(=O)O)=N1. The number of nitrogens with one attached hydrogen (secondary N) is 1. The Morgan fingerprint density at radius 3 is 2.50 bits per heavy atom. The zero-order valence-electron chi connectivity index (χ0n) is 13.7. The minimum absolute atomic E-state index is 0.0805. The predicted molar refractivity (Wildman–Crippen MR) is 91.4 cm³/mol. The van der Waals surface area contributed by atoms with Crippen LogP contribution in [-0.4, -0.2) is 42.6 Å². The lowest BCUT2D eigenvalue weighted by molar-refractivity contribution is -0.0852. The van der Waals surface area contributed by atoms with E-state index in [0.29, 0.717) is 0 Å². The Morgan fingerprint density at radius 1 is 1.35 bits per heavy atom. The third kappa shape index (κ3) is 2.79. The van der Waals surface area contributed by atoms with Crippen molar-refractivity contribution in [3.05, 3.63) is 29.6 Å². The number of nitrogens with two attached hydrogens (primary N) is 1. The molecule has 1 fully saturated rings. The number of hydrogen-bond acceptors (Lipinski definition) is 5. The van der Waals surface area contributed by atoms with E-state index >= 15 is 0 Å². The second kappa shape index (κ2) is 5.51. The molecule has 7 nitrogen and oxygen atoms in total. The van der Waals surface area contributed by atoms with Crippen molar-refractivity contribution in [2.24, 2.45) is 4.99 Å². The Balaban J connectivity index is 2.16. The topological polar surface area (TPSA) is 128 Å². The van der Waals surface area contributed by atoms with Gasteiger partial charge in [-0.05, 0) is 25.1 Å². The van der Waals surface area contributed by atoms with Gasteiger partial charge in [-0.15, -0.1) is 0 Å². The van der Waals surface area contributed by atoms with Gasteiger partial charge in [0, 0.05) is 24.1 Å². The molecule has 144 valence electrons. The van der Waals surface area contributed by atoms with Gasteiger partial charge >= 0.3 is 6.09 Å². The minimum atomic E-state index is -3.78. The lowest BCUT2D eigenvalue weighted by Crippen LogP contribution is -2.67. The fourth-order valence-electron chi connectivity index (χ4n) is 3.58. The average molecular weight is 393 g/mol. The first-order chi connectivity index (χ1) is 11.8.